The van der Waals surface area contributed by atoms with Gasteiger partial charge in [0, 0.05) is 10.7 Å². The first-order valence-corrected chi connectivity index (χ1v) is 6.67. The Kier molecular flexibility index (Phi) is 3.89. The molecule has 0 amide bonds. The summed E-state index contributed by atoms with van der Waals surface area (Å²) >= 11 is 2.41. The first kappa shape index (κ1) is 14.5. The third-order valence-corrected chi connectivity index (χ3v) is 3.28. The Labute approximate surface area is 105 Å². The van der Waals surface area contributed by atoms with Crippen molar-refractivity contribution in [3.05, 3.63) is 16.5 Å². The minimum atomic E-state index is -5.06. The van der Waals surface area contributed by atoms with E-state index in [0.29, 0.717) is 6.20 Å². The molecule has 0 aromatic carbocycles. The second kappa shape index (κ2) is 4.58. The third kappa shape index (κ3) is 3.68. The van der Waals surface area contributed by atoms with Crippen LogP contribution in [0.15, 0.2) is 15.7 Å². The van der Waals surface area contributed by atoms with Crippen LogP contribution in [0.4, 0.5) is 17.6 Å². The monoisotopic (exact) mass is 357 g/mol. The first-order chi connectivity index (χ1) is 7.52. The normalized spacial score (nSPS) is 12.6. The van der Waals surface area contributed by atoms with Gasteiger partial charge in [-0.15, -0.1) is 13.2 Å². The highest BCUT2D eigenvalue weighted by Crippen LogP contribution is 2.34. The van der Waals surface area contributed by atoms with Gasteiger partial charge < -0.3 is 4.74 Å². The number of halogens is 6. The lowest BCUT2D eigenvalue weighted by molar-refractivity contribution is -0.275. The highest BCUT2D eigenvalue weighted by Gasteiger charge is 2.34. The maximum atomic E-state index is 13.3. The van der Waals surface area contributed by atoms with Crippen LogP contribution in [-0.2, 0) is 9.05 Å². The molecule has 0 bridgehead atoms. The second-order valence-corrected chi connectivity index (χ2v) is 5.82. The lowest BCUT2D eigenvalue weighted by Gasteiger charge is -2.11. The van der Waals surface area contributed by atoms with Gasteiger partial charge in [0.1, 0.15) is 4.47 Å². The topological polar surface area (TPSA) is 56.3 Å². The summed E-state index contributed by atoms with van der Waals surface area (Å²) in [6.07, 6.45) is -4.67. The molecule has 1 rings (SSSR count). The van der Waals surface area contributed by atoms with Gasteiger partial charge in [-0.05, 0) is 15.9 Å². The summed E-state index contributed by atoms with van der Waals surface area (Å²) < 4.78 is 73.0. The van der Waals surface area contributed by atoms with Crippen molar-refractivity contribution < 1.29 is 30.7 Å². The molecular weight excluding hydrogens is 357 g/mol. The maximum absolute atomic E-state index is 13.3. The standard InChI is InChI=1S/C6HBrClF4NO3S/c7-3-2(16-6(10,11)12)1-13-5(4(3)9)17(8,14)15/h1H. The van der Waals surface area contributed by atoms with Gasteiger partial charge in [0.05, 0.1) is 6.20 Å². The zero-order chi connectivity index (χ0) is 13.4. The Bertz CT molecular complexity index is 547. The van der Waals surface area contributed by atoms with E-state index in [1.165, 1.54) is 0 Å². The van der Waals surface area contributed by atoms with E-state index in [9.17, 15) is 26.0 Å². The highest BCUT2D eigenvalue weighted by molar-refractivity contribution is 9.10. The van der Waals surface area contributed by atoms with E-state index in [1.807, 2.05) is 0 Å². The average Bonchev–Trinajstić information content (AvgIpc) is 2.08. The van der Waals surface area contributed by atoms with Crippen molar-refractivity contribution in [3.63, 3.8) is 0 Å². The van der Waals surface area contributed by atoms with Crippen molar-refractivity contribution in [3.8, 4) is 5.75 Å². The van der Waals surface area contributed by atoms with E-state index in [0.717, 1.165) is 0 Å². The van der Waals surface area contributed by atoms with E-state index in [4.69, 9.17) is 10.7 Å². The van der Waals surface area contributed by atoms with Gasteiger partial charge in [-0.25, -0.2) is 17.8 Å². The van der Waals surface area contributed by atoms with Crippen molar-refractivity contribution in [1.29, 1.82) is 0 Å². The summed E-state index contributed by atoms with van der Waals surface area (Å²) in [5.74, 6) is -2.58. The molecule has 0 saturated carbocycles. The molecule has 4 nitrogen and oxygen atoms in total. The van der Waals surface area contributed by atoms with E-state index >= 15 is 0 Å². The van der Waals surface area contributed by atoms with Gasteiger partial charge in [0.2, 0.25) is 5.03 Å². The van der Waals surface area contributed by atoms with Crippen molar-refractivity contribution in [2.24, 2.45) is 0 Å². The van der Waals surface area contributed by atoms with E-state index < -0.39 is 36.5 Å². The van der Waals surface area contributed by atoms with E-state index in [-0.39, 0.29) is 0 Å². The number of hydrogen-bond donors (Lipinski definition) is 0. The number of hydrogen-bond acceptors (Lipinski definition) is 4. The Hall–Kier alpha value is -0.610. The predicted molar refractivity (Wildman–Crippen MR) is 51.6 cm³/mol. The molecule has 0 spiro atoms. The lowest BCUT2D eigenvalue weighted by Crippen LogP contribution is -2.18. The molecule has 0 radical (unpaired) electrons. The highest BCUT2D eigenvalue weighted by atomic mass is 79.9. The van der Waals surface area contributed by atoms with Gasteiger partial charge >= 0.3 is 6.36 Å². The van der Waals surface area contributed by atoms with Crippen LogP contribution in [0.25, 0.3) is 0 Å². The Morgan fingerprint density at radius 1 is 1.41 bits per heavy atom. The van der Waals surface area contributed by atoms with Crippen LogP contribution in [0.2, 0.25) is 0 Å². The molecule has 0 aliphatic carbocycles. The van der Waals surface area contributed by atoms with Gasteiger partial charge in [-0.2, -0.15) is 0 Å². The average molecular weight is 358 g/mol. The van der Waals surface area contributed by atoms with Crippen LogP contribution in [0.1, 0.15) is 0 Å². The summed E-state index contributed by atoms with van der Waals surface area (Å²) in [6.45, 7) is 0. The Balaban J connectivity index is 3.30. The number of rotatable bonds is 2. The second-order valence-electron chi connectivity index (χ2n) is 2.54. The molecule has 11 heteroatoms. The van der Waals surface area contributed by atoms with Crippen LogP contribution in [0, 0.1) is 5.82 Å². The molecule has 0 aliphatic rings. The molecule has 0 saturated heterocycles. The fourth-order valence-electron chi connectivity index (χ4n) is 0.798. The van der Waals surface area contributed by atoms with Crippen molar-refractivity contribution in [2.75, 3.05) is 0 Å². The van der Waals surface area contributed by atoms with Crippen molar-refractivity contribution >= 4 is 35.7 Å². The fourth-order valence-corrected chi connectivity index (χ4v) is 2.12. The molecule has 1 aromatic rings. The summed E-state index contributed by atoms with van der Waals surface area (Å²) in [6, 6.07) is 0. The van der Waals surface area contributed by atoms with Gasteiger partial charge in [0.15, 0.2) is 11.6 Å². The minimum absolute atomic E-state index is 0.385. The number of pyridine rings is 1. The molecule has 0 fully saturated rings. The van der Waals surface area contributed by atoms with E-state index in [1.54, 1.807) is 0 Å². The first-order valence-electron chi connectivity index (χ1n) is 3.57. The molecule has 0 unspecified atom stereocenters. The zero-order valence-corrected chi connectivity index (χ0v) is 10.6. The molecule has 1 aromatic heterocycles. The fraction of sp³-hybridized carbons (Fsp3) is 0.167. The molecule has 1 heterocycles. The minimum Gasteiger partial charge on any atom is -0.403 e. The largest absolute Gasteiger partial charge is 0.573 e. The van der Waals surface area contributed by atoms with Gasteiger partial charge in [-0.1, -0.05) is 0 Å². The van der Waals surface area contributed by atoms with E-state index in [2.05, 4.69) is 25.7 Å². The van der Waals surface area contributed by atoms with Gasteiger partial charge in [0.25, 0.3) is 9.05 Å². The van der Waals surface area contributed by atoms with Crippen molar-refractivity contribution in [2.45, 2.75) is 11.4 Å². The molecule has 17 heavy (non-hydrogen) atoms. The number of nitrogens with zero attached hydrogens (tertiary/aromatic N) is 1. The third-order valence-electron chi connectivity index (χ3n) is 1.35. The summed E-state index contributed by atoms with van der Waals surface area (Å²) in [5.41, 5.74) is 0. The molecule has 0 atom stereocenters. The predicted octanol–water partition coefficient (Wildman–Crippen LogP) is 2.81. The van der Waals surface area contributed by atoms with Crippen molar-refractivity contribution in [1.82, 2.24) is 4.98 Å². The quantitative estimate of drug-likeness (QED) is 0.603. The summed E-state index contributed by atoms with van der Waals surface area (Å²) in [4.78, 5) is 2.94. The number of aromatic nitrogens is 1. The molecule has 0 N–H and O–H groups in total. The lowest BCUT2D eigenvalue weighted by atomic mass is 10.4. The SMILES string of the molecule is O=S(=O)(Cl)c1ncc(OC(F)(F)F)c(Br)c1F. The van der Waals surface area contributed by atoms with Crippen LogP contribution in [0.3, 0.4) is 0 Å². The number of ether oxygens (including phenoxy) is 1. The molecule has 96 valence electrons. The van der Waals surface area contributed by atoms with Crippen LogP contribution >= 0.6 is 26.6 Å². The Morgan fingerprint density at radius 2 is 1.94 bits per heavy atom. The van der Waals surface area contributed by atoms with Crippen LogP contribution < -0.4 is 4.74 Å². The van der Waals surface area contributed by atoms with Crippen LogP contribution in [0.5, 0.6) is 5.75 Å². The van der Waals surface area contributed by atoms with Gasteiger partial charge in [-0.3, -0.25) is 0 Å². The summed E-state index contributed by atoms with van der Waals surface area (Å²) in [7, 11) is 0.310. The summed E-state index contributed by atoms with van der Waals surface area (Å²) in [5, 5.41) is -1.19. The molecule has 0 aliphatic heterocycles. The smallest absolute Gasteiger partial charge is 0.403 e. The van der Waals surface area contributed by atoms with Crippen LogP contribution in [-0.4, -0.2) is 19.8 Å². The number of alkyl halides is 3. The molecular formula is C6HBrClF4NO3S. The Morgan fingerprint density at radius 3 is 2.35 bits per heavy atom. The maximum Gasteiger partial charge on any atom is 0.573 e. The zero-order valence-electron chi connectivity index (χ0n) is 7.43.